The minimum atomic E-state index is -0.610. The predicted octanol–water partition coefficient (Wildman–Crippen LogP) is 2.74. The van der Waals surface area contributed by atoms with Gasteiger partial charge in [-0.05, 0) is 32.6 Å². The molecule has 0 bridgehead atoms. The molecule has 0 aromatic carbocycles. The largest absolute Gasteiger partial charge is 0.465 e. The number of carbonyl (C=O) groups is 1. The fourth-order valence-electron chi connectivity index (χ4n) is 3.80. The van der Waals surface area contributed by atoms with Gasteiger partial charge >= 0.3 is 5.97 Å². The van der Waals surface area contributed by atoms with Crippen LogP contribution in [-0.4, -0.2) is 27.6 Å². The Morgan fingerprint density at radius 3 is 2.61 bits per heavy atom. The van der Waals surface area contributed by atoms with E-state index in [0.717, 1.165) is 44.9 Å². The molecule has 3 rings (SSSR count). The molecule has 2 aliphatic carbocycles. The lowest BCUT2D eigenvalue weighted by molar-refractivity contribution is -0.154. The normalized spacial score (nSPS) is 21.9. The number of carbonyl (C=O) groups excluding carboxylic acids is 1. The van der Waals surface area contributed by atoms with E-state index in [0.29, 0.717) is 18.8 Å². The van der Waals surface area contributed by atoms with E-state index in [9.17, 15) is 10.1 Å². The molecular formula is C17H24N4O2. The zero-order valence-electron chi connectivity index (χ0n) is 13.8. The summed E-state index contributed by atoms with van der Waals surface area (Å²) in [6.45, 7) is 2.77. The summed E-state index contributed by atoms with van der Waals surface area (Å²) in [7, 11) is 0. The maximum absolute atomic E-state index is 12.3. The van der Waals surface area contributed by atoms with Gasteiger partial charge in [-0.1, -0.05) is 30.9 Å². The van der Waals surface area contributed by atoms with E-state index in [4.69, 9.17) is 4.74 Å². The monoisotopic (exact) mass is 316 g/mol. The zero-order chi connectivity index (χ0) is 16.3. The summed E-state index contributed by atoms with van der Waals surface area (Å²) in [5, 5.41) is 18.0. The van der Waals surface area contributed by atoms with Crippen LogP contribution in [0.15, 0.2) is 6.20 Å². The number of rotatable bonds is 5. The Bertz CT molecular complexity index is 606. The first-order valence-corrected chi connectivity index (χ1v) is 8.63. The Balaban J connectivity index is 1.77. The van der Waals surface area contributed by atoms with Gasteiger partial charge < -0.3 is 4.74 Å². The average Bonchev–Trinajstić information content (AvgIpc) is 2.96. The molecule has 6 nitrogen and oxygen atoms in total. The topological polar surface area (TPSA) is 80.8 Å². The molecule has 2 saturated carbocycles. The Morgan fingerprint density at radius 2 is 2.04 bits per heavy atom. The van der Waals surface area contributed by atoms with Crippen molar-refractivity contribution in [3.8, 4) is 6.07 Å². The van der Waals surface area contributed by atoms with E-state index in [1.807, 2.05) is 13.1 Å². The molecule has 2 fully saturated rings. The van der Waals surface area contributed by atoms with Crippen LogP contribution in [0.4, 0.5) is 0 Å². The van der Waals surface area contributed by atoms with Gasteiger partial charge in [-0.2, -0.15) is 5.26 Å². The van der Waals surface area contributed by atoms with E-state index >= 15 is 0 Å². The van der Waals surface area contributed by atoms with Crippen LogP contribution in [0.2, 0.25) is 0 Å². The van der Waals surface area contributed by atoms with Crippen molar-refractivity contribution in [1.82, 2.24) is 15.0 Å². The summed E-state index contributed by atoms with van der Waals surface area (Å²) >= 11 is 0. The molecule has 0 atom stereocenters. The number of ether oxygens (including phenoxy) is 1. The maximum atomic E-state index is 12.3. The van der Waals surface area contributed by atoms with Crippen LogP contribution >= 0.6 is 0 Å². The molecule has 23 heavy (non-hydrogen) atoms. The van der Waals surface area contributed by atoms with Gasteiger partial charge in [0.25, 0.3) is 0 Å². The molecule has 2 aliphatic rings. The van der Waals surface area contributed by atoms with Gasteiger partial charge in [-0.25, -0.2) is 0 Å². The van der Waals surface area contributed by atoms with Gasteiger partial charge in [0.2, 0.25) is 0 Å². The first-order valence-electron chi connectivity index (χ1n) is 8.63. The molecule has 0 unspecified atom stereocenters. The van der Waals surface area contributed by atoms with Crippen LogP contribution in [0.25, 0.3) is 0 Å². The first-order chi connectivity index (χ1) is 11.1. The highest BCUT2D eigenvalue weighted by atomic mass is 16.5. The summed E-state index contributed by atoms with van der Waals surface area (Å²) in [5.41, 5.74) is -0.244. The second kappa shape index (κ2) is 6.31. The highest BCUT2D eigenvalue weighted by Crippen LogP contribution is 2.44. The fourth-order valence-corrected chi connectivity index (χ4v) is 3.80. The standard InChI is InChI=1S/C17H24N4O2/c1-2-23-15(22)17(9-6-10-17)14-11-21(20-19-14)13-16(12-18)7-4-3-5-8-16/h11H,2-10,13H2,1H3. The van der Waals surface area contributed by atoms with E-state index in [1.165, 1.54) is 6.42 Å². The quantitative estimate of drug-likeness (QED) is 0.780. The number of hydrogen-bond acceptors (Lipinski definition) is 5. The number of aromatic nitrogens is 3. The molecule has 0 radical (unpaired) electrons. The van der Waals surface area contributed by atoms with Gasteiger partial charge in [0, 0.05) is 6.20 Å². The summed E-state index contributed by atoms with van der Waals surface area (Å²) in [6.07, 6.45) is 9.64. The molecule has 0 saturated heterocycles. The fraction of sp³-hybridized carbons (Fsp3) is 0.765. The zero-order valence-corrected chi connectivity index (χ0v) is 13.8. The van der Waals surface area contributed by atoms with Crippen molar-refractivity contribution in [2.75, 3.05) is 6.61 Å². The lowest BCUT2D eigenvalue weighted by Crippen LogP contribution is -2.44. The third-order valence-electron chi connectivity index (χ3n) is 5.41. The lowest BCUT2D eigenvalue weighted by atomic mass is 9.67. The highest BCUT2D eigenvalue weighted by molar-refractivity contribution is 5.83. The first kappa shape index (κ1) is 16.0. The van der Waals surface area contributed by atoms with Crippen molar-refractivity contribution >= 4 is 5.97 Å². The Labute approximate surface area is 136 Å². The van der Waals surface area contributed by atoms with Crippen LogP contribution in [0.3, 0.4) is 0 Å². The van der Waals surface area contributed by atoms with Crippen LogP contribution < -0.4 is 0 Å². The molecule has 0 spiro atoms. The van der Waals surface area contributed by atoms with Crippen molar-refractivity contribution in [1.29, 1.82) is 5.26 Å². The summed E-state index contributed by atoms with van der Waals surface area (Å²) in [6, 6.07) is 2.50. The number of esters is 1. The minimum absolute atomic E-state index is 0.189. The van der Waals surface area contributed by atoms with E-state index < -0.39 is 5.41 Å². The molecule has 1 aromatic heterocycles. The number of nitrogens with zero attached hydrogens (tertiary/aromatic N) is 4. The van der Waals surface area contributed by atoms with Crippen LogP contribution in [-0.2, 0) is 21.5 Å². The van der Waals surface area contributed by atoms with E-state index in [1.54, 1.807) is 4.68 Å². The molecule has 1 aromatic rings. The molecule has 124 valence electrons. The second-order valence-corrected chi connectivity index (χ2v) is 6.91. The van der Waals surface area contributed by atoms with Crippen molar-refractivity contribution < 1.29 is 9.53 Å². The SMILES string of the molecule is CCOC(=O)C1(c2cn(CC3(C#N)CCCCC3)nn2)CCC1. The summed E-state index contributed by atoms with van der Waals surface area (Å²) < 4.78 is 6.99. The molecule has 1 heterocycles. The number of nitriles is 1. The molecule has 0 amide bonds. The van der Waals surface area contributed by atoms with Crippen LogP contribution in [0, 0.1) is 16.7 Å². The van der Waals surface area contributed by atoms with Crippen molar-refractivity contribution in [3.05, 3.63) is 11.9 Å². The van der Waals surface area contributed by atoms with Gasteiger partial charge in [0.1, 0.15) is 5.41 Å². The second-order valence-electron chi connectivity index (χ2n) is 6.91. The molecule has 0 N–H and O–H groups in total. The lowest BCUT2D eigenvalue weighted by Gasteiger charge is -2.37. The van der Waals surface area contributed by atoms with E-state index in [2.05, 4.69) is 16.4 Å². The Morgan fingerprint density at radius 1 is 1.30 bits per heavy atom. The summed E-state index contributed by atoms with van der Waals surface area (Å²) in [5.74, 6) is -0.189. The van der Waals surface area contributed by atoms with E-state index in [-0.39, 0.29) is 11.4 Å². The highest BCUT2D eigenvalue weighted by Gasteiger charge is 2.49. The third-order valence-corrected chi connectivity index (χ3v) is 5.41. The smallest absolute Gasteiger partial charge is 0.318 e. The number of hydrogen-bond donors (Lipinski definition) is 0. The maximum Gasteiger partial charge on any atom is 0.318 e. The van der Waals surface area contributed by atoms with Crippen molar-refractivity contribution in [2.24, 2.45) is 5.41 Å². The average molecular weight is 316 g/mol. The predicted molar refractivity (Wildman–Crippen MR) is 83.3 cm³/mol. The van der Waals surface area contributed by atoms with Gasteiger partial charge in [0.05, 0.1) is 30.3 Å². The van der Waals surface area contributed by atoms with Gasteiger partial charge in [0.15, 0.2) is 0 Å². The summed E-state index contributed by atoms with van der Waals surface area (Å²) in [4.78, 5) is 12.3. The third kappa shape index (κ3) is 2.85. The van der Waals surface area contributed by atoms with Crippen LogP contribution in [0.1, 0.15) is 64.0 Å². The minimum Gasteiger partial charge on any atom is -0.465 e. The van der Waals surface area contributed by atoms with Crippen molar-refractivity contribution in [3.63, 3.8) is 0 Å². The molecule has 6 heteroatoms. The molecular weight excluding hydrogens is 292 g/mol. The van der Waals surface area contributed by atoms with Gasteiger partial charge in [-0.15, -0.1) is 5.10 Å². The van der Waals surface area contributed by atoms with Crippen molar-refractivity contribution in [2.45, 2.75) is 70.3 Å². The Kier molecular flexibility index (Phi) is 4.38. The Hall–Kier alpha value is -1.90. The van der Waals surface area contributed by atoms with Crippen LogP contribution in [0.5, 0.6) is 0 Å². The molecule has 0 aliphatic heterocycles. The van der Waals surface area contributed by atoms with Gasteiger partial charge in [-0.3, -0.25) is 9.48 Å².